The van der Waals surface area contributed by atoms with Gasteiger partial charge in [0.25, 0.3) is 5.91 Å². The van der Waals surface area contributed by atoms with Crippen molar-refractivity contribution < 1.29 is 19.4 Å². The highest BCUT2D eigenvalue weighted by Crippen LogP contribution is 2.23. The maximum absolute atomic E-state index is 11.9. The van der Waals surface area contributed by atoms with Crippen LogP contribution in [0, 0.1) is 0 Å². The molecular weight excluding hydrogens is 248 g/mol. The Balaban J connectivity index is 1.98. The minimum absolute atomic E-state index is 0.0603. The summed E-state index contributed by atoms with van der Waals surface area (Å²) in [5.41, 5.74) is 2.67. The first kappa shape index (κ1) is 13.4. The summed E-state index contributed by atoms with van der Waals surface area (Å²) in [4.78, 5) is 22.6. The molecular formula is C13H16N2O4. The number of methoxy groups -OCH3 is 1. The van der Waals surface area contributed by atoms with Gasteiger partial charge in [-0.25, -0.2) is 4.79 Å². The molecule has 1 unspecified atom stereocenters. The zero-order valence-electron chi connectivity index (χ0n) is 10.6. The zero-order chi connectivity index (χ0) is 13.8. The van der Waals surface area contributed by atoms with Crippen LogP contribution >= 0.6 is 0 Å². The van der Waals surface area contributed by atoms with Crippen LogP contribution < -0.4 is 10.6 Å². The Bertz CT molecular complexity index is 501. The lowest BCUT2D eigenvalue weighted by atomic mass is 10.1. The van der Waals surface area contributed by atoms with Crippen LogP contribution in [0.1, 0.15) is 15.9 Å². The average Bonchev–Trinajstić information content (AvgIpc) is 2.85. The molecule has 6 heteroatoms. The van der Waals surface area contributed by atoms with Crippen molar-refractivity contribution >= 4 is 17.6 Å². The molecule has 0 saturated carbocycles. The van der Waals surface area contributed by atoms with Gasteiger partial charge in [-0.3, -0.25) is 4.79 Å². The highest BCUT2D eigenvalue weighted by Gasteiger charge is 2.18. The van der Waals surface area contributed by atoms with Gasteiger partial charge in [-0.2, -0.15) is 0 Å². The summed E-state index contributed by atoms with van der Waals surface area (Å²) in [5, 5.41) is 14.5. The van der Waals surface area contributed by atoms with Crippen LogP contribution in [-0.4, -0.2) is 43.3 Å². The van der Waals surface area contributed by atoms with Crippen molar-refractivity contribution in [1.82, 2.24) is 5.32 Å². The Kier molecular flexibility index (Phi) is 4.01. The zero-order valence-corrected chi connectivity index (χ0v) is 10.6. The van der Waals surface area contributed by atoms with E-state index < -0.39 is 12.1 Å². The van der Waals surface area contributed by atoms with Gasteiger partial charge in [0.15, 0.2) is 6.10 Å². The molecule has 0 saturated heterocycles. The van der Waals surface area contributed by atoms with Gasteiger partial charge < -0.3 is 20.5 Å². The lowest BCUT2D eigenvalue weighted by Gasteiger charge is -2.12. The number of carboxylic acids is 1. The third kappa shape index (κ3) is 3.03. The van der Waals surface area contributed by atoms with Crippen molar-refractivity contribution in [3.8, 4) is 0 Å². The Labute approximate surface area is 110 Å². The fraction of sp³-hybridized carbons (Fsp3) is 0.385. The number of carbonyl (C=O) groups excluding carboxylic acids is 1. The van der Waals surface area contributed by atoms with Crippen LogP contribution in [0.4, 0.5) is 5.69 Å². The second kappa shape index (κ2) is 5.71. The summed E-state index contributed by atoms with van der Waals surface area (Å²) < 4.78 is 4.75. The number of carboxylic acid groups (broad SMARTS) is 1. The minimum atomic E-state index is -1.10. The summed E-state index contributed by atoms with van der Waals surface area (Å²) in [6.07, 6.45) is -0.0707. The summed E-state index contributed by atoms with van der Waals surface area (Å²) in [7, 11) is 1.30. The van der Waals surface area contributed by atoms with E-state index in [-0.39, 0.29) is 12.5 Å². The molecule has 1 amide bonds. The van der Waals surface area contributed by atoms with Crippen LogP contribution in [0.5, 0.6) is 0 Å². The molecule has 0 bridgehead atoms. The van der Waals surface area contributed by atoms with Crippen molar-refractivity contribution in [3.05, 3.63) is 29.3 Å². The number of fused-ring (bicyclic) bond motifs is 1. The molecule has 6 nitrogen and oxygen atoms in total. The van der Waals surface area contributed by atoms with E-state index in [0.29, 0.717) is 5.56 Å². The second-order valence-corrected chi connectivity index (χ2v) is 4.32. The molecule has 0 fully saturated rings. The third-order valence-corrected chi connectivity index (χ3v) is 3.09. The topological polar surface area (TPSA) is 87.7 Å². The van der Waals surface area contributed by atoms with E-state index in [9.17, 15) is 9.59 Å². The second-order valence-electron chi connectivity index (χ2n) is 4.32. The molecule has 1 aliphatic rings. The third-order valence-electron chi connectivity index (χ3n) is 3.09. The van der Waals surface area contributed by atoms with Crippen molar-refractivity contribution in [2.75, 3.05) is 25.5 Å². The smallest absolute Gasteiger partial charge is 0.334 e. The molecule has 3 N–H and O–H groups in total. The van der Waals surface area contributed by atoms with Crippen LogP contribution in [-0.2, 0) is 16.0 Å². The number of amides is 1. The van der Waals surface area contributed by atoms with Gasteiger partial charge >= 0.3 is 5.97 Å². The number of ether oxygens (including phenoxy) is 1. The fourth-order valence-corrected chi connectivity index (χ4v) is 1.99. The first-order valence-electron chi connectivity index (χ1n) is 6.02. The standard InChI is InChI=1S/C13H16N2O4/c1-19-11(13(17)18)7-15-12(16)9-3-2-8-4-5-14-10(8)6-9/h2-3,6,11,14H,4-5,7H2,1H3,(H,15,16)(H,17,18). The molecule has 0 aromatic heterocycles. The lowest BCUT2D eigenvalue weighted by molar-refractivity contribution is -0.148. The van der Waals surface area contributed by atoms with E-state index in [0.717, 1.165) is 18.7 Å². The maximum Gasteiger partial charge on any atom is 0.334 e. The van der Waals surface area contributed by atoms with Crippen LogP contribution in [0.15, 0.2) is 18.2 Å². The Morgan fingerprint density at radius 1 is 1.53 bits per heavy atom. The number of benzene rings is 1. The largest absolute Gasteiger partial charge is 0.479 e. The molecule has 1 aromatic rings. The molecule has 0 aliphatic carbocycles. The van der Waals surface area contributed by atoms with Gasteiger partial charge in [-0.15, -0.1) is 0 Å². The maximum atomic E-state index is 11.9. The number of anilines is 1. The van der Waals surface area contributed by atoms with Gasteiger partial charge in [0.1, 0.15) is 0 Å². The monoisotopic (exact) mass is 264 g/mol. The molecule has 1 atom stereocenters. The van der Waals surface area contributed by atoms with Crippen molar-refractivity contribution in [3.63, 3.8) is 0 Å². The molecule has 1 aliphatic heterocycles. The van der Waals surface area contributed by atoms with E-state index >= 15 is 0 Å². The molecule has 1 aromatic carbocycles. The average molecular weight is 264 g/mol. The number of hydrogen-bond acceptors (Lipinski definition) is 4. The van der Waals surface area contributed by atoms with Gasteiger partial charge in [-0.1, -0.05) is 6.07 Å². The predicted octanol–water partition coefficient (Wildman–Crippen LogP) is 0.484. The Morgan fingerprint density at radius 3 is 3.00 bits per heavy atom. The van der Waals surface area contributed by atoms with Gasteiger partial charge in [0.05, 0.1) is 6.54 Å². The molecule has 102 valence electrons. The fourth-order valence-electron chi connectivity index (χ4n) is 1.99. The van der Waals surface area contributed by atoms with E-state index in [1.807, 2.05) is 6.07 Å². The molecule has 2 rings (SSSR count). The quantitative estimate of drug-likeness (QED) is 0.720. The Hall–Kier alpha value is -2.08. The summed E-state index contributed by atoms with van der Waals surface area (Å²) in [5.74, 6) is -1.40. The van der Waals surface area contributed by atoms with Crippen LogP contribution in [0.25, 0.3) is 0 Å². The Morgan fingerprint density at radius 2 is 2.32 bits per heavy atom. The summed E-state index contributed by atoms with van der Waals surface area (Å²) in [6.45, 7) is 0.820. The molecule has 19 heavy (non-hydrogen) atoms. The van der Waals surface area contributed by atoms with Crippen LogP contribution in [0.3, 0.4) is 0 Å². The van der Waals surface area contributed by atoms with Crippen molar-refractivity contribution in [2.24, 2.45) is 0 Å². The highest BCUT2D eigenvalue weighted by molar-refractivity contribution is 5.95. The lowest BCUT2D eigenvalue weighted by Crippen LogP contribution is -2.37. The van der Waals surface area contributed by atoms with E-state index in [2.05, 4.69) is 10.6 Å². The summed E-state index contributed by atoms with van der Waals surface area (Å²) >= 11 is 0. The van der Waals surface area contributed by atoms with Crippen molar-refractivity contribution in [2.45, 2.75) is 12.5 Å². The normalized spacial score (nSPS) is 14.4. The predicted molar refractivity (Wildman–Crippen MR) is 69.4 cm³/mol. The highest BCUT2D eigenvalue weighted by atomic mass is 16.5. The first-order chi connectivity index (χ1) is 9.11. The van der Waals surface area contributed by atoms with Gasteiger partial charge in [0, 0.05) is 24.9 Å². The SMILES string of the molecule is COC(CNC(=O)c1ccc2c(c1)NCC2)C(=O)O. The van der Waals surface area contributed by atoms with Gasteiger partial charge in [0.2, 0.25) is 0 Å². The van der Waals surface area contributed by atoms with E-state index in [1.165, 1.54) is 12.7 Å². The number of carbonyl (C=O) groups is 2. The van der Waals surface area contributed by atoms with Crippen molar-refractivity contribution in [1.29, 1.82) is 0 Å². The molecule has 0 radical (unpaired) electrons. The number of rotatable bonds is 5. The number of hydrogen-bond donors (Lipinski definition) is 3. The first-order valence-corrected chi connectivity index (χ1v) is 6.02. The number of nitrogens with one attached hydrogen (secondary N) is 2. The van der Waals surface area contributed by atoms with Gasteiger partial charge in [-0.05, 0) is 24.1 Å². The van der Waals surface area contributed by atoms with Crippen LogP contribution in [0.2, 0.25) is 0 Å². The van der Waals surface area contributed by atoms with E-state index in [1.54, 1.807) is 12.1 Å². The van der Waals surface area contributed by atoms with E-state index in [4.69, 9.17) is 9.84 Å². The molecule has 0 spiro atoms. The number of aliphatic carboxylic acids is 1. The minimum Gasteiger partial charge on any atom is -0.479 e. The summed E-state index contributed by atoms with van der Waals surface area (Å²) in [6, 6.07) is 5.43. The molecule has 1 heterocycles.